The smallest absolute Gasteiger partial charge is 0.251 e. The van der Waals surface area contributed by atoms with E-state index in [4.69, 9.17) is 5.73 Å². The molecule has 7 amide bonds. The molecule has 0 spiro atoms. The Morgan fingerprint density at radius 2 is 0.953 bits per heavy atom. The fraction of sp³-hybridized carbons (Fsp3) is 0.571. The summed E-state index contributed by atoms with van der Waals surface area (Å²) in [6.45, 7) is 14.7. The lowest BCUT2D eigenvalue weighted by atomic mass is 9.85. The second kappa shape index (κ2) is 31.1. The summed E-state index contributed by atoms with van der Waals surface area (Å²) in [4.78, 5) is 132. The Balaban J connectivity index is 0.00000516. The third-order valence-corrected chi connectivity index (χ3v) is 17.0. The number of rotatable bonds is 21. The number of nitrogens with zero attached hydrogens (tertiary/aromatic N) is 2. The predicted octanol–water partition coefficient (Wildman–Crippen LogP) is 5.89. The molecule has 19 nitrogen and oxygen atoms in total. The van der Waals surface area contributed by atoms with Gasteiger partial charge in [-0.1, -0.05) is 90.1 Å². The molecule has 22 heteroatoms. The number of carbonyl (C=O) groups excluding carboxylic acids is 9. The number of halogens is 3. The number of nitrogens with one attached hydrogen (secondary N) is 7. The number of hydrogen-bond donors (Lipinski definition) is 8. The first-order chi connectivity index (χ1) is 38.8. The predicted molar refractivity (Wildman–Crippen MR) is 335 cm³/mol. The highest BCUT2D eigenvalue weighted by atomic mass is 35.5. The lowest BCUT2D eigenvalue weighted by Crippen LogP contribution is -2.59. The Morgan fingerprint density at radius 1 is 0.576 bits per heavy atom. The van der Waals surface area contributed by atoms with Crippen molar-refractivity contribution >= 4 is 90.1 Å². The summed E-state index contributed by atoms with van der Waals surface area (Å²) in [5.41, 5.74) is 8.73. The average Bonchev–Trinajstić information content (AvgIpc) is 4.24. The number of amides is 7. The van der Waals surface area contributed by atoms with Gasteiger partial charge in [0.15, 0.2) is 11.6 Å². The van der Waals surface area contributed by atoms with E-state index in [-0.39, 0.29) is 141 Å². The first kappa shape index (κ1) is 71.5. The van der Waals surface area contributed by atoms with E-state index in [0.717, 1.165) is 47.9 Å². The summed E-state index contributed by atoms with van der Waals surface area (Å²) in [6, 6.07) is 14.4. The zero-order chi connectivity index (χ0) is 59.8. The largest absolute Gasteiger partial charge is 0.351 e. The lowest BCUT2D eigenvalue weighted by molar-refractivity contribution is -0.144. The molecule has 0 unspecified atom stereocenters. The average molecular weight is 1240 g/mol. The number of benzene rings is 3. The van der Waals surface area contributed by atoms with Crippen LogP contribution >= 0.6 is 37.2 Å². The van der Waals surface area contributed by atoms with E-state index in [0.29, 0.717) is 12.8 Å². The topological polar surface area (TPSA) is 270 Å². The summed E-state index contributed by atoms with van der Waals surface area (Å²) >= 11 is 0. The van der Waals surface area contributed by atoms with Crippen LogP contribution < -0.4 is 43.0 Å². The van der Waals surface area contributed by atoms with Gasteiger partial charge in [0.05, 0.1) is 24.2 Å². The van der Waals surface area contributed by atoms with Crippen molar-refractivity contribution in [3.8, 4) is 0 Å². The molecule has 10 atom stereocenters. The monoisotopic (exact) mass is 1240 g/mol. The Hall–Kier alpha value is -5.96. The maximum absolute atomic E-state index is 14.9. The molecule has 9 N–H and O–H groups in total. The van der Waals surface area contributed by atoms with Crippen LogP contribution in [-0.2, 0) is 41.6 Å². The molecule has 0 radical (unpaired) electrons. The van der Waals surface area contributed by atoms with Crippen molar-refractivity contribution in [3.63, 3.8) is 0 Å². The van der Waals surface area contributed by atoms with E-state index in [2.05, 4.69) is 49.4 Å². The van der Waals surface area contributed by atoms with Crippen molar-refractivity contribution in [1.29, 1.82) is 0 Å². The molecule has 0 saturated carbocycles. The van der Waals surface area contributed by atoms with Gasteiger partial charge in [-0.2, -0.15) is 0 Å². The molecule has 85 heavy (non-hydrogen) atoms. The molecule has 3 aromatic carbocycles. The third-order valence-electron chi connectivity index (χ3n) is 17.0. The Kier molecular flexibility index (Phi) is 26.2. The fourth-order valence-corrected chi connectivity index (χ4v) is 12.0. The standard InChI is InChI=1S/C63H88N10O9.3ClH/c1-36(65-9)55(76)70-53(62(3,4)5)60(81)72-34-38(27-49(72)58(79)68-47-23-15-19-40-17-11-13-21-45(40)47)29-51(74)42-31-43(33-44(32-42)57(78)67-26-25-64)52(75)30-39-28-50(59(80)69-48-24-16-20-41-18-12-14-22-46(41)48)73(35-39)61(82)54(63(6,7)8)71-56(77)37(2)66-10;;;/h11-14,17-18,21-22,31-33,36-39,47-50,53-54,65-66H,15-16,19-20,23-30,34-35,64H2,1-10H3,(H,67,78)(H,68,79)(H,69,80)(H,70,76)(H,71,77);3*1H/t36-,37-,38+,39+,47+,48+,49-,50-,53+,54+;;;/m0.../s1. The minimum Gasteiger partial charge on any atom is -0.351 e. The van der Waals surface area contributed by atoms with Crippen LogP contribution in [0.1, 0.15) is 172 Å². The van der Waals surface area contributed by atoms with Gasteiger partial charge in [0, 0.05) is 55.7 Å². The van der Waals surface area contributed by atoms with Gasteiger partial charge >= 0.3 is 0 Å². The molecule has 2 aliphatic heterocycles. The zero-order valence-electron chi connectivity index (χ0n) is 50.9. The summed E-state index contributed by atoms with van der Waals surface area (Å²) in [5.74, 6) is -4.91. The minimum atomic E-state index is -1.02. The quantitative estimate of drug-likeness (QED) is 0.0581. The number of likely N-dealkylation sites (tertiary alicyclic amines) is 2. The van der Waals surface area contributed by atoms with E-state index >= 15 is 0 Å². The van der Waals surface area contributed by atoms with Crippen LogP contribution in [-0.4, -0.2) is 139 Å². The van der Waals surface area contributed by atoms with Gasteiger partial charge in [0.1, 0.15) is 24.2 Å². The lowest BCUT2D eigenvalue weighted by Gasteiger charge is -2.36. The van der Waals surface area contributed by atoms with Gasteiger partial charge in [0.25, 0.3) is 5.91 Å². The van der Waals surface area contributed by atoms with E-state index in [1.54, 1.807) is 27.9 Å². The summed E-state index contributed by atoms with van der Waals surface area (Å²) < 4.78 is 0. The molecule has 0 bridgehead atoms. The van der Waals surface area contributed by atoms with Crippen LogP contribution in [0.3, 0.4) is 0 Å². The molecule has 2 saturated heterocycles. The van der Waals surface area contributed by atoms with Crippen molar-refractivity contribution in [2.75, 3.05) is 40.3 Å². The number of ketones is 2. The van der Waals surface area contributed by atoms with Crippen molar-refractivity contribution in [2.45, 2.75) is 168 Å². The van der Waals surface area contributed by atoms with Gasteiger partial charge in [-0.25, -0.2) is 0 Å². The third kappa shape index (κ3) is 17.6. The highest BCUT2D eigenvalue weighted by molar-refractivity contribution is 6.06. The van der Waals surface area contributed by atoms with Crippen LogP contribution in [0.15, 0.2) is 66.7 Å². The van der Waals surface area contributed by atoms with Crippen LogP contribution in [0, 0.1) is 22.7 Å². The molecule has 4 aliphatic rings. The van der Waals surface area contributed by atoms with E-state index < -0.39 is 88.2 Å². The molecule has 7 rings (SSSR count). The maximum Gasteiger partial charge on any atom is 0.251 e. The van der Waals surface area contributed by atoms with Gasteiger partial charge in [-0.15, -0.1) is 37.2 Å². The molecule has 3 aromatic rings. The van der Waals surface area contributed by atoms with E-state index in [1.165, 1.54) is 28.0 Å². The molecule has 468 valence electrons. The highest BCUT2D eigenvalue weighted by Gasteiger charge is 2.48. The Bertz CT molecular complexity index is 2720. The second-order valence-corrected chi connectivity index (χ2v) is 25.3. The van der Waals surface area contributed by atoms with Gasteiger partial charge in [-0.3, -0.25) is 43.2 Å². The Labute approximate surface area is 520 Å². The van der Waals surface area contributed by atoms with Crippen LogP contribution in [0.25, 0.3) is 0 Å². The minimum absolute atomic E-state index is 0. The fourth-order valence-electron chi connectivity index (χ4n) is 12.0. The van der Waals surface area contributed by atoms with Gasteiger partial charge < -0.3 is 52.8 Å². The number of hydrogen-bond acceptors (Lipinski definition) is 12. The SMILES string of the molecule is CN[C@@H](C)C(=O)N[C@H](C(=O)N1C[C@@H](CC(=O)c2cc(C(=O)C[C@H]3C[C@@H](C(=O)N[C@@H]4CCCc5ccccc54)N(C(=O)[C@@H](NC(=O)[C@H](C)NC)C(C)(C)C)C3)cc(C(=O)NCCN)c2)C[C@H]1C(=O)N[C@@H]1CCCc2ccccc21)C(C)(C)C.Cl.Cl.Cl. The molecular formula is C63H91Cl3N10O9. The van der Waals surface area contributed by atoms with Crippen molar-refractivity contribution in [3.05, 3.63) is 106 Å². The molecule has 2 aliphatic carbocycles. The van der Waals surface area contributed by atoms with Crippen LogP contribution in [0.5, 0.6) is 0 Å². The van der Waals surface area contributed by atoms with E-state index in [1.807, 2.05) is 77.9 Å². The summed E-state index contributed by atoms with van der Waals surface area (Å²) in [6.07, 6.45) is 4.88. The molecule has 2 fully saturated rings. The molecule has 0 aromatic heterocycles. The number of likely N-dealkylation sites (N-methyl/N-ethyl adjacent to an activating group) is 2. The number of aryl methyl sites for hydroxylation is 2. The summed E-state index contributed by atoms with van der Waals surface area (Å²) in [5, 5.41) is 20.9. The number of fused-ring (bicyclic) bond motifs is 2. The van der Waals surface area contributed by atoms with Crippen molar-refractivity contribution in [2.24, 2.45) is 28.4 Å². The number of Topliss-reactive ketones (excluding diaryl/α,β-unsaturated/α-hetero) is 2. The maximum atomic E-state index is 14.9. The molecule has 2 heterocycles. The first-order valence-corrected chi connectivity index (χ1v) is 29.4. The van der Waals surface area contributed by atoms with E-state index in [9.17, 15) is 43.2 Å². The van der Waals surface area contributed by atoms with Gasteiger partial charge in [-0.05, 0) is 142 Å². The Morgan fingerprint density at radius 3 is 1.32 bits per heavy atom. The van der Waals surface area contributed by atoms with Crippen LogP contribution in [0.2, 0.25) is 0 Å². The molecular weight excluding hydrogens is 1150 g/mol. The van der Waals surface area contributed by atoms with Gasteiger partial charge in [0.2, 0.25) is 35.4 Å². The normalized spacial score (nSPS) is 21.3. The van der Waals surface area contributed by atoms with Crippen molar-refractivity contribution in [1.82, 2.24) is 47.0 Å². The highest BCUT2D eigenvalue weighted by Crippen LogP contribution is 2.37. The number of nitrogens with two attached hydrogens (primary N) is 1. The van der Waals surface area contributed by atoms with Crippen molar-refractivity contribution < 1.29 is 43.2 Å². The second-order valence-electron chi connectivity index (χ2n) is 25.3. The first-order valence-electron chi connectivity index (χ1n) is 29.4. The zero-order valence-corrected chi connectivity index (χ0v) is 53.3. The number of carbonyl (C=O) groups is 9. The van der Waals surface area contributed by atoms with Crippen LogP contribution in [0.4, 0.5) is 0 Å². The summed E-state index contributed by atoms with van der Waals surface area (Å²) in [7, 11) is 3.29.